The first-order chi connectivity index (χ1) is 7.99. The average molecular weight is 273 g/mol. The molecule has 1 aromatic carbocycles. The van der Waals surface area contributed by atoms with E-state index in [1.54, 1.807) is 0 Å². The molecule has 0 unspecified atom stereocenters. The number of aromatic nitrogens is 1. The third-order valence-corrected chi connectivity index (χ3v) is 3.03. The van der Waals surface area contributed by atoms with Gasteiger partial charge in [-0.25, -0.2) is 13.6 Å². The van der Waals surface area contributed by atoms with Crippen LogP contribution in [0.25, 0.3) is 11.3 Å². The molecule has 0 saturated heterocycles. The minimum Gasteiger partial charge on any atom is -0.478 e. The summed E-state index contributed by atoms with van der Waals surface area (Å²) in [7, 11) is 0. The highest BCUT2D eigenvalue weighted by molar-refractivity contribution is 7.82. The Morgan fingerprint density at radius 1 is 1.29 bits per heavy atom. The first kappa shape index (κ1) is 12.0. The molecule has 2 rings (SSSR count). The Kier molecular flexibility index (Phi) is 3.12. The van der Waals surface area contributed by atoms with Crippen LogP contribution in [0, 0.1) is 11.6 Å². The molecule has 0 saturated carbocycles. The molecule has 88 valence electrons. The fraction of sp³-hybridized carbons (Fsp3) is 0. The molecular formula is C10H5F2NO2S2. The van der Waals surface area contributed by atoms with E-state index in [0.29, 0.717) is 10.3 Å². The number of nitrogens with zero attached hydrogens (tertiary/aromatic N) is 1. The molecule has 0 amide bonds. The predicted octanol–water partition coefficient (Wildman–Crippen LogP) is 3.08. The summed E-state index contributed by atoms with van der Waals surface area (Å²) in [5, 5.41) is 8.92. The molecule has 7 heteroatoms. The molecular weight excluding hydrogens is 268 g/mol. The van der Waals surface area contributed by atoms with Crippen molar-refractivity contribution >= 4 is 30.1 Å². The largest absolute Gasteiger partial charge is 0.478 e. The fourth-order valence-electron chi connectivity index (χ4n) is 1.33. The Morgan fingerprint density at radius 3 is 2.47 bits per heavy atom. The smallest absolute Gasteiger partial charge is 0.336 e. The lowest BCUT2D eigenvalue weighted by atomic mass is 10.0. The first-order valence-corrected chi connectivity index (χ1v) is 5.59. The van der Waals surface area contributed by atoms with Crippen molar-refractivity contribution in [1.82, 2.24) is 4.37 Å². The highest BCUT2D eigenvalue weighted by Crippen LogP contribution is 2.28. The van der Waals surface area contributed by atoms with E-state index in [-0.39, 0.29) is 16.8 Å². The molecule has 0 aliphatic heterocycles. The third-order valence-electron chi connectivity index (χ3n) is 2.06. The van der Waals surface area contributed by atoms with E-state index in [1.165, 1.54) is 6.07 Å². The lowest BCUT2D eigenvalue weighted by Crippen LogP contribution is -2.02. The molecule has 2 aromatic rings. The number of halogens is 2. The van der Waals surface area contributed by atoms with Crippen LogP contribution in [0.3, 0.4) is 0 Å². The Labute approximate surface area is 104 Å². The second-order valence-electron chi connectivity index (χ2n) is 3.17. The van der Waals surface area contributed by atoms with Gasteiger partial charge < -0.3 is 5.11 Å². The maximum atomic E-state index is 13.1. The number of carboxylic acids is 1. The van der Waals surface area contributed by atoms with Crippen molar-refractivity contribution in [3.63, 3.8) is 0 Å². The number of hydrogen-bond acceptors (Lipinski definition) is 4. The predicted molar refractivity (Wildman–Crippen MR) is 61.7 cm³/mol. The number of benzene rings is 1. The molecule has 17 heavy (non-hydrogen) atoms. The lowest BCUT2D eigenvalue weighted by molar-refractivity contribution is 0.0697. The molecule has 0 bridgehead atoms. The van der Waals surface area contributed by atoms with Crippen LogP contribution in [-0.2, 0) is 0 Å². The van der Waals surface area contributed by atoms with Crippen LogP contribution in [0.1, 0.15) is 10.4 Å². The van der Waals surface area contributed by atoms with Gasteiger partial charge in [-0.1, -0.05) is 0 Å². The zero-order valence-electron chi connectivity index (χ0n) is 8.15. The summed E-state index contributed by atoms with van der Waals surface area (Å²) in [6, 6.07) is 2.96. The number of aromatic carboxylic acids is 1. The molecule has 0 spiro atoms. The molecule has 1 N–H and O–H groups in total. The molecule has 0 fully saturated rings. The average Bonchev–Trinajstić information content (AvgIpc) is 2.68. The molecule has 1 aromatic heterocycles. The number of hydrogen-bond donors (Lipinski definition) is 2. The summed E-state index contributed by atoms with van der Waals surface area (Å²) in [5.41, 5.74) is -0.0354. The molecule has 0 aliphatic rings. The topological polar surface area (TPSA) is 50.2 Å². The zero-order chi connectivity index (χ0) is 12.6. The monoisotopic (exact) mass is 273 g/mol. The van der Waals surface area contributed by atoms with E-state index >= 15 is 0 Å². The Balaban J connectivity index is 2.67. The van der Waals surface area contributed by atoms with Gasteiger partial charge in [0.15, 0.2) is 11.6 Å². The highest BCUT2D eigenvalue weighted by atomic mass is 32.2. The molecule has 3 nitrogen and oxygen atoms in total. The summed E-state index contributed by atoms with van der Waals surface area (Å²) >= 11 is 5.06. The zero-order valence-corrected chi connectivity index (χ0v) is 9.86. The van der Waals surface area contributed by atoms with Crippen LogP contribution >= 0.6 is 24.2 Å². The van der Waals surface area contributed by atoms with E-state index < -0.39 is 17.6 Å². The third kappa shape index (κ3) is 2.29. The van der Waals surface area contributed by atoms with Crippen LogP contribution < -0.4 is 0 Å². The van der Waals surface area contributed by atoms with Crippen molar-refractivity contribution in [1.29, 1.82) is 0 Å². The standard InChI is InChI=1S/C10H5F2NO2S2/c11-6-1-4(8-3-9(16)17-13-8)5(10(14)15)2-7(6)12/h1-3,16H,(H,14,15). The van der Waals surface area contributed by atoms with Gasteiger partial charge in [-0.3, -0.25) is 0 Å². The maximum Gasteiger partial charge on any atom is 0.336 e. The van der Waals surface area contributed by atoms with Gasteiger partial charge in [-0.05, 0) is 29.7 Å². The second kappa shape index (κ2) is 4.42. The number of rotatable bonds is 2. The van der Waals surface area contributed by atoms with E-state index in [0.717, 1.165) is 17.6 Å². The molecule has 0 atom stereocenters. The van der Waals surface area contributed by atoms with E-state index in [9.17, 15) is 13.6 Å². The Bertz CT molecular complexity index is 598. The highest BCUT2D eigenvalue weighted by Gasteiger charge is 2.18. The van der Waals surface area contributed by atoms with Crippen LogP contribution in [0.5, 0.6) is 0 Å². The summed E-state index contributed by atoms with van der Waals surface area (Å²) in [6.07, 6.45) is 0. The summed E-state index contributed by atoms with van der Waals surface area (Å²) in [6.45, 7) is 0. The van der Waals surface area contributed by atoms with Gasteiger partial charge in [0.05, 0.1) is 15.5 Å². The van der Waals surface area contributed by atoms with Crippen molar-refractivity contribution < 1.29 is 18.7 Å². The van der Waals surface area contributed by atoms with Crippen molar-refractivity contribution in [3.05, 3.63) is 35.4 Å². The SMILES string of the molecule is O=C(O)c1cc(F)c(F)cc1-c1cc(S)sn1. The maximum absolute atomic E-state index is 13.1. The normalized spacial score (nSPS) is 10.5. The fourth-order valence-corrected chi connectivity index (χ4v) is 2.08. The van der Waals surface area contributed by atoms with Crippen molar-refractivity contribution in [2.45, 2.75) is 4.21 Å². The second-order valence-corrected chi connectivity index (χ2v) is 4.76. The minimum atomic E-state index is -1.34. The van der Waals surface area contributed by atoms with Crippen LogP contribution in [0.4, 0.5) is 8.78 Å². The van der Waals surface area contributed by atoms with Gasteiger partial charge >= 0.3 is 5.97 Å². The van der Waals surface area contributed by atoms with E-state index in [2.05, 4.69) is 17.0 Å². The van der Waals surface area contributed by atoms with E-state index in [1.807, 2.05) is 0 Å². The number of carboxylic acid groups (broad SMARTS) is 1. The van der Waals surface area contributed by atoms with Gasteiger partial charge in [0.2, 0.25) is 0 Å². The van der Waals surface area contributed by atoms with Gasteiger partial charge in [0, 0.05) is 5.56 Å². The minimum absolute atomic E-state index is 0.0351. The van der Waals surface area contributed by atoms with Gasteiger partial charge in [-0.2, -0.15) is 4.37 Å². The van der Waals surface area contributed by atoms with Crippen molar-refractivity contribution in [3.8, 4) is 11.3 Å². The van der Waals surface area contributed by atoms with Crippen molar-refractivity contribution in [2.75, 3.05) is 0 Å². The Hall–Kier alpha value is -1.47. The number of thiol groups is 1. The van der Waals surface area contributed by atoms with Crippen molar-refractivity contribution in [2.24, 2.45) is 0 Å². The molecule has 1 heterocycles. The molecule has 0 radical (unpaired) electrons. The number of carbonyl (C=O) groups is 1. The van der Waals surface area contributed by atoms with E-state index in [4.69, 9.17) is 5.11 Å². The van der Waals surface area contributed by atoms with Crippen LogP contribution in [0.2, 0.25) is 0 Å². The first-order valence-electron chi connectivity index (χ1n) is 4.37. The van der Waals surface area contributed by atoms with Gasteiger partial charge in [0.25, 0.3) is 0 Å². The Morgan fingerprint density at radius 2 is 1.94 bits per heavy atom. The van der Waals surface area contributed by atoms with Gasteiger partial charge in [0.1, 0.15) is 0 Å². The summed E-state index contributed by atoms with van der Waals surface area (Å²) in [4.78, 5) is 10.9. The van der Waals surface area contributed by atoms with Crippen LogP contribution in [-0.4, -0.2) is 15.4 Å². The van der Waals surface area contributed by atoms with Crippen LogP contribution in [0.15, 0.2) is 22.4 Å². The quantitative estimate of drug-likeness (QED) is 0.827. The summed E-state index contributed by atoms with van der Waals surface area (Å²) < 4.78 is 30.5. The lowest BCUT2D eigenvalue weighted by Gasteiger charge is -2.04. The molecule has 0 aliphatic carbocycles. The summed E-state index contributed by atoms with van der Waals surface area (Å²) in [5.74, 6) is -3.65. The van der Waals surface area contributed by atoms with Gasteiger partial charge in [-0.15, -0.1) is 12.6 Å².